The second-order valence-electron chi connectivity index (χ2n) is 3.09. The molecule has 0 bridgehead atoms. The minimum atomic E-state index is -2.98. The molecule has 0 aliphatic rings. The van der Waals surface area contributed by atoms with Crippen molar-refractivity contribution in [1.29, 1.82) is 0 Å². The smallest absolute Gasteiger partial charge is 0.310 e. The normalized spacial score (nSPS) is 10.7. The third kappa shape index (κ3) is 3.59. The molecule has 0 fully saturated rings. The fourth-order valence-electron chi connectivity index (χ4n) is 1.22. The van der Waals surface area contributed by atoms with Crippen molar-refractivity contribution in [3.05, 3.63) is 28.3 Å². The molecule has 3 nitrogen and oxygen atoms in total. The first-order chi connectivity index (χ1) is 7.95. The van der Waals surface area contributed by atoms with Gasteiger partial charge in [0, 0.05) is 0 Å². The molecule has 0 amide bonds. The molecule has 94 valence electrons. The third-order valence-electron chi connectivity index (χ3n) is 1.89. The molecule has 1 rings (SSSR count). The maximum Gasteiger partial charge on any atom is 0.310 e. The van der Waals surface area contributed by atoms with Crippen LogP contribution in [0.1, 0.15) is 24.6 Å². The Balaban J connectivity index is 3.04. The first-order valence-corrected chi connectivity index (χ1v) is 5.12. The third-order valence-corrected chi connectivity index (χ3v) is 2.16. The van der Waals surface area contributed by atoms with E-state index in [0.29, 0.717) is 0 Å². The first kappa shape index (κ1) is 13.8. The molecule has 0 aliphatic heterocycles. The summed E-state index contributed by atoms with van der Waals surface area (Å²) in [7, 11) is 0. The van der Waals surface area contributed by atoms with Crippen LogP contribution >= 0.6 is 11.6 Å². The van der Waals surface area contributed by atoms with Gasteiger partial charge < -0.3 is 4.74 Å². The van der Waals surface area contributed by atoms with Crippen molar-refractivity contribution in [2.75, 3.05) is 6.61 Å². The van der Waals surface area contributed by atoms with Gasteiger partial charge in [-0.25, -0.2) is 13.8 Å². The highest BCUT2D eigenvalue weighted by Crippen LogP contribution is 2.25. The van der Waals surface area contributed by atoms with Gasteiger partial charge in [0.15, 0.2) is 0 Å². The van der Waals surface area contributed by atoms with E-state index < -0.39 is 35.5 Å². The fourth-order valence-corrected chi connectivity index (χ4v) is 1.39. The number of esters is 1. The van der Waals surface area contributed by atoms with Crippen molar-refractivity contribution < 1.29 is 22.7 Å². The summed E-state index contributed by atoms with van der Waals surface area (Å²) in [5, 5.41) is -0.409. The highest BCUT2D eigenvalue weighted by atomic mass is 35.5. The molecule has 7 heteroatoms. The lowest BCUT2D eigenvalue weighted by Crippen LogP contribution is -2.11. The monoisotopic (exact) mass is 267 g/mol. The van der Waals surface area contributed by atoms with E-state index in [-0.39, 0.29) is 12.2 Å². The van der Waals surface area contributed by atoms with Gasteiger partial charge in [-0.15, -0.1) is 0 Å². The highest BCUT2D eigenvalue weighted by Gasteiger charge is 2.20. The molecule has 1 aromatic rings. The van der Waals surface area contributed by atoms with Gasteiger partial charge in [-0.3, -0.25) is 4.79 Å². The van der Waals surface area contributed by atoms with Crippen LogP contribution in [0.2, 0.25) is 5.02 Å². The van der Waals surface area contributed by atoms with Gasteiger partial charge in [0.05, 0.1) is 18.1 Å². The average Bonchev–Trinajstić information content (AvgIpc) is 2.23. The molecule has 0 radical (unpaired) electrons. The molecule has 1 heterocycles. The molecule has 0 aliphatic carbocycles. The Kier molecular flexibility index (Phi) is 4.74. The van der Waals surface area contributed by atoms with Crippen LogP contribution in [0.25, 0.3) is 0 Å². The van der Waals surface area contributed by atoms with E-state index >= 15 is 0 Å². The van der Waals surface area contributed by atoms with Gasteiger partial charge >= 0.3 is 5.97 Å². The fraction of sp³-hybridized carbons (Fsp3) is 0.400. The topological polar surface area (TPSA) is 39.2 Å². The van der Waals surface area contributed by atoms with Gasteiger partial charge in [-0.05, 0) is 18.6 Å². The lowest BCUT2D eigenvalue weighted by molar-refractivity contribution is -0.142. The van der Waals surface area contributed by atoms with E-state index in [0.717, 1.165) is 6.07 Å². The summed E-state index contributed by atoms with van der Waals surface area (Å²) in [6, 6.07) is 0.961. The Morgan fingerprint density at radius 3 is 2.76 bits per heavy atom. The molecule has 0 aromatic carbocycles. The SMILES string of the molecule is CCOC(=O)Cc1cc(Cl)c(F)nc1C(F)F. The van der Waals surface area contributed by atoms with Crippen LogP contribution in [-0.2, 0) is 16.0 Å². The molecular formula is C10H9ClF3NO2. The summed E-state index contributed by atoms with van der Waals surface area (Å²) in [6.07, 6.45) is -3.40. The summed E-state index contributed by atoms with van der Waals surface area (Å²) in [6.45, 7) is 1.72. The number of aromatic nitrogens is 1. The van der Waals surface area contributed by atoms with Crippen molar-refractivity contribution in [2.24, 2.45) is 0 Å². The van der Waals surface area contributed by atoms with E-state index in [4.69, 9.17) is 11.6 Å². The molecular weight excluding hydrogens is 259 g/mol. The predicted octanol–water partition coefficient (Wildman–Crippen LogP) is 2.92. The maximum atomic E-state index is 12.9. The first-order valence-electron chi connectivity index (χ1n) is 4.74. The zero-order valence-electron chi connectivity index (χ0n) is 8.84. The van der Waals surface area contributed by atoms with Crippen LogP contribution in [0.15, 0.2) is 6.07 Å². The highest BCUT2D eigenvalue weighted by molar-refractivity contribution is 6.30. The molecule has 0 spiro atoms. The number of nitrogens with zero attached hydrogens (tertiary/aromatic N) is 1. The van der Waals surface area contributed by atoms with Crippen molar-refractivity contribution in [3.8, 4) is 0 Å². The number of rotatable bonds is 4. The molecule has 0 saturated carbocycles. The van der Waals surface area contributed by atoms with E-state index in [9.17, 15) is 18.0 Å². The van der Waals surface area contributed by atoms with Crippen molar-refractivity contribution >= 4 is 17.6 Å². The van der Waals surface area contributed by atoms with Gasteiger partial charge in [0.2, 0.25) is 5.95 Å². The second-order valence-corrected chi connectivity index (χ2v) is 3.50. The number of halogens is 4. The zero-order chi connectivity index (χ0) is 13.0. The zero-order valence-corrected chi connectivity index (χ0v) is 9.60. The standard InChI is InChI=1S/C10H9ClF3NO2/c1-2-17-7(16)4-5-3-6(11)10(14)15-8(5)9(12)13/h3,9H,2,4H2,1H3. The molecule has 0 saturated heterocycles. The van der Waals surface area contributed by atoms with Crippen molar-refractivity contribution in [1.82, 2.24) is 4.98 Å². The van der Waals surface area contributed by atoms with Crippen LogP contribution < -0.4 is 0 Å². The number of ether oxygens (including phenoxy) is 1. The number of carbonyl (C=O) groups is 1. The van der Waals surface area contributed by atoms with Crippen molar-refractivity contribution in [2.45, 2.75) is 19.8 Å². The van der Waals surface area contributed by atoms with E-state index in [1.54, 1.807) is 6.92 Å². The lowest BCUT2D eigenvalue weighted by Gasteiger charge is -2.08. The van der Waals surface area contributed by atoms with Gasteiger partial charge in [0.1, 0.15) is 5.69 Å². The van der Waals surface area contributed by atoms with Gasteiger partial charge in [0.25, 0.3) is 6.43 Å². The quantitative estimate of drug-likeness (QED) is 0.622. The van der Waals surface area contributed by atoms with Gasteiger partial charge in [-0.2, -0.15) is 4.39 Å². The minimum absolute atomic E-state index is 0.130. The Labute approximate surface area is 101 Å². The molecule has 17 heavy (non-hydrogen) atoms. The minimum Gasteiger partial charge on any atom is -0.466 e. The Hall–Kier alpha value is -1.30. The molecule has 0 unspecified atom stereocenters. The second kappa shape index (κ2) is 5.86. The Morgan fingerprint density at radius 1 is 1.59 bits per heavy atom. The van der Waals surface area contributed by atoms with Crippen LogP contribution in [-0.4, -0.2) is 17.6 Å². The van der Waals surface area contributed by atoms with E-state index in [1.165, 1.54) is 0 Å². The Morgan fingerprint density at radius 2 is 2.24 bits per heavy atom. The van der Waals surface area contributed by atoms with E-state index in [2.05, 4.69) is 9.72 Å². The van der Waals surface area contributed by atoms with Crippen molar-refractivity contribution in [3.63, 3.8) is 0 Å². The summed E-state index contributed by atoms with van der Waals surface area (Å²) < 4.78 is 42.6. The molecule has 1 aromatic heterocycles. The number of hydrogen-bond acceptors (Lipinski definition) is 3. The van der Waals surface area contributed by atoms with Crippen LogP contribution in [0.4, 0.5) is 13.2 Å². The predicted molar refractivity (Wildman–Crippen MR) is 54.5 cm³/mol. The largest absolute Gasteiger partial charge is 0.466 e. The number of hydrogen-bond donors (Lipinski definition) is 0. The summed E-state index contributed by atoms with van der Waals surface area (Å²) in [5.41, 5.74) is -0.926. The maximum absolute atomic E-state index is 12.9. The lowest BCUT2D eigenvalue weighted by atomic mass is 10.1. The van der Waals surface area contributed by atoms with Gasteiger partial charge in [-0.1, -0.05) is 11.6 Å². The number of carbonyl (C=O) groups excluding carboxylic acids is 1. The van der Waals surface area contributed by atoms with Crippen LogP contribution in [0, 0.1) is 5.95 Å². The number of pyridine rings is 1. The summed E-state index contributed by atoms with van der Waals surface area (Å²) in [4.78, 5) is 14.2. The summed E-state index contributed by atoms with van der Waals surface area (Å²) >= 11 is 5.42. The molecule has 0 atom stereocenters. The number of alkyl halides is 2. The average molecular weight is 268 g/mol. The molecule has 0 N–H and O–H groups in total. The Bertz CT molecular complexity index is 426. The summed E-state index contributed by atoms with van der Waals surface area (Å²) in [5.74, 6) is -1.88. The van der Waals surface area contributed by atoms with Crippen LogP contribution in [0.3, 0.4) is 0 Å². The van der Waals surface area contributed by atoms with E-state index in [1.807, 2.05) is 0 Å². The van der Waals surface area contributed by atoms with Crippen LogP contribution in [0.5, 0.6) is 0 Å².